The van der Waals surface area contributed by atoms with Crippen molar-refractivity contribution in [1.82, 2.24) is 20.2 Å². The molecular weight excluding hydrogens is 446 g/mol. The Hall–Kier alpha value is -3.47. The van der Waals surface area contributed by atoms with Crippen LogP contribution in [0.15, 0.2) is 48.8 Å². The van der Waals surface area contributed by atoms with Crippen LogP contribution in [-0.4, -0.2) is 47.0 Å². The van der Waals surface area contributed by atoms with Crippen LogP contribution in [0, 0.1) is 5.41 Å². The molecule has 1 aliphatic rings. The van der Waals surface area contributed by atoms with Crippen molar-refractivity contribution in [2.75, 3.05) is 36.1 Å². The first kappa shape index (κ1) is 23.7. The molecule has 0 aliphatic carbocycles. The highest BCUT2D eigenvalue weighted by atomic mass is 32.1. The summed E-state index contributed by atoms with van der Waals surface area (Å²) in [6, 6.07) is 5.47. The van der Waals surface area contributed by atoms with Crippen LogP contribution in [0.3, 0.4) is 0 Å². The number of hydrogen-bond acceptors (Lipinski definition) is 10. The molecule has 0 bridgehead atoms. The molecule has 1 aromatic carbocycles. The second-order valence-corrected chi connectivity index (χ2v) is 9.06. The van der Waals surface area contributed by atoms with E-state index < -0.39 is 6.17 Å². The van der Waals surface area contributed by atoms with Crippen molar-refractivity contribution < 1.29 is 0 Å². The van der Waals surface area contributed by atoms with Crippen molar-refractivity contribution in [3.05, 3.63) is 59.9 Å². The Morgan fingerprint density at radius 1 is 1.26 bits per heavy atom. The van der Waals surface area contributed by atoms with Gasteiger partial charge in [0, 0.05) is 39.8 Å². The molecule has 0 spiro atoms. The zero-order chi connectivity index (χ0) is 23.9. The first-order valence-corrected chi connectivity index (χ1v) is 12.2. The van der Waals surface area contributed by atoms with Crippen LogP contribution in [-0.2, 0) is 0 Å². The smallest absolute Gasteiger partial charge is 0.148 e. The molecular formula is C24H31N9S. The monoisotopic (exact) mass is 477 g/mol. The van der Waals surface area contributed by atoms with Crippen LogP contribution >= 0.6 is 11.3 Å². The van der Waals surface area contributed by atoms with Gasteiger partial charge < -0.3 is 32.8 Å². The van der Waals surface area contributed by atoms with Crippen molar-refractivity contribution in [2.24, 2.45) is 5.73 Å². The van der Waals surface area contributed by atoms with Crippen molar-refractivity contribution in [2.45, 2.75) is 25.4 Å². The molecule has 9 nitrogen and oxygen atoms in total. The van der Waals surface area contributed by atoms with Crippen molar-refractivity contribution in [3.8, 4) is 0 Å². The van der Waals surface area contributed by atoms with Gasteiger partial charge in [0.25, 0.3) is 0 Å². The maximum Gasteiger partial charge on any atom is 0.148 e. The highest BCUT2D eigenvalue weighted by molar-refractivity contribution is 7.18. The van der Waals surface area contributed by atoms with Crippen LogP contribution < -0.4 is 27.4 Å². The topological polar surface area (TPSA) is 141 Å². The fourth-order valence-electron chi connectivity index (χ4n) is 3.93. The van der Waals surface area contributed by atoms with Crippen LogP contribution in [0.25, 0.3) is 15.9 Å². The van der Waals surface area contributed by atoms with Gasteiger partial charge in [-0.2, -0.15) is 0 Å². The number of nitrogen functional groups attached to an aromatic ring is 1. The third-order valence-electron chi connectivity index (χ3n) is 5.74. The lowest BCUT2D eigenvalue weighted by molar-refractivity contribution is 0.221. The molecule has 1 aliphatic heterocycles. The zero-order valence-corrected chi connectivity index (χ0v) is 19.9. The maximum absolute atomic E-state index is 7.66. The molecule has 4 rings (SSSR count). The van der Waals surface area contributed by atoms with Gasteiger partial charge >= 0.3 is 0 Å². The van der Waals surface area contributed by atoms with E-state index in [9.17, 15) is 0 Å². The zero-order valence-electron chi connectivity index (χ0n) is 19.1. The van der Waals surface area contributed by atoms with Gasteiger partial charge in [-0.25, -0.2) is 9.97 Å². The minimum Gasteiger partial charge on any atom is -0.398 e. The van der Waals surface area contributed by atoms with Gasteiger partial charge in [-0.15, -0.1) is 11.3 Å². The highest BCUT2D eigenvalue weighted by Crippen LogP contribution is 2.34. The molecule has 34 heavy (non-hydrogen) atoms. The van der Waals surface area contributed by atoms with Gasteiger partial charge in [0.1, 0.15) is 12.1 Å². The standard InChI is InChI=1S/C24H31N9S/c1-16(31-20-7-5-6-19(26)17(20)12-25)18-13-34-23-22(18)29-14-30-24(23)32-21(27)8-9-28-15-33-10-3-2-4-11-33/h5-9,12-14,21,25,28,31H,1-4,10-11,15,26-27H2,(H,29,30,32)/b9-8-,25-12?. The SMILES string of the molecule is C=C(Nc1cccc(N)c1C=N)c1csc2c(NC(N)/C=C\NCN3CCCCC3)ncnc12. The summed E-state index contributed by atoms with van der Waals surface area (Å²) in [6.07, 6.45) is 9.98. The number of piperidine rings is 1. The molecule has 10 heteroatoms. The van der Waals surface area contributed by atoms with Gasteiger partial charge in [-0.05, 0) is 50.3 Å². The summed E-state index contributed by atoms with van der Waals surface area (Å²) in [5.41, 5.74) is 16.4. The summed E-state index contributed by atoms with van der Waals surface area (Å²) < 4.78 is 0.894. The van der Waals surface area contributed by atoms with Gasteiger partial charge in [0.2, 0.25) is 0 Å². The fraction of sp³-hybridized carbons (Fsp3) is 0.292. The van der Waals surface area contributed by atoms with Crippen molar-refractivity contribution >= 4 is 50.7 Å². The molecule has 8 N–H and O–H groups in total. The number of aromatic nitrogens is 2. The predicted octanol–water partition coefficient (Wildman–Crippen LogP) is 3.60. The number of hydrogen-bond donors (Lipinski definition) is 6. The first-order chi connectivity index (χ1) is 16.6. The summed E-state index contributed by atoms with van der Waals surface area (Å²) in [7, 11) is 0. The molecule has 0 saturated carbocycles. The van der Waals surface area contributed by atoms with E-state index in [0.29, 0.717) is 22.8 Å². The lowest BCUT2D eigenvalue weighted by atomic mass is 10.1. The molecule has 2 aromatic heterocycles. The lowest BCUT2D eigenvalue weighted by Gasteiger charge is -2.26. The average molecular weight is 478 g/mol. The van der Waals surface area contributed by atoms with E-state index in [4.69, 9.17) is 16.9 Å². The maximum atomic E-state index is 7.66. The molecule has 1 fully saturated rings. The van der Waals surface area contributed by atoms with Crippen LogP contribution in [0.4, 0.5) is 17.2 Å². The third-order valence-corrected chi connectivity index (χ3v) is 6.71. The van der Waals surface area contributed by atoms with E-state index in [-0.39, 0.29) is 0 Å². The Bertz CT molecular complexity index is 1180. The minimum absolute atomic E-state index is 0.402. The Morgan fingerprint density at radius 2 is 2.09 bits per heavy atom. The van der Waals surface area contributed by atoms with Gasteiger partial charge in [-0.3, -0.25) is 4.90 Å². The van der Waals surface area contributed by atoms with Crippen LogP contribution in [0.2, 0.25) is 0 Å². The molecule has 0 amide bonds. The Balaban J connectivity index is 1.42. The van der Waals surface area contributed by atoms with Gasteiger partial charge in [0.15, 0.2) is 0 Å². The number of anilines is 3. The minimum atomic E-state index is -0.402. The molecule has 178 valence electrons. The molecule has 0 radical (unpaired) electrons. The Kier molecular flexibility index (Phi) is 7.73. The van der Waals surface area contributed by atoms with E-state index in [1.165, 1.54) is 43.1 Å². The third kappa shape index (κ3) is 5.53. The van der Waals surface area contributed by atoms with E-state index in [0.717, 1.165) is 41.2 Å². The summed E-state index contributed by atoms with van der Waals surface area (Å²) in [5, 5.41) is 19.5. The summed E-state index contributed by atoms with van der Waals surface area (Å²) in [6.45, 7) is 7.30. The molecule has 1 unspecified atom stereocenters. The lowest BCUT2D eigenvalue weighted by Crippen LogP contribution is -2.36. The second kappa shape index (κ2) is 11.1. The van der Waals surface area contributed by atoms with Crippen molar-refractivity contribution in [3.63, 3.8) is 0 Å². The number of rotatable bonds is 10. The quantitative estimate of drug-likeness (QED) is 0.148. The number of likely N-dealkylation sites (tertiary alicyclic amines) is 1. The molecule has 1 atom stereocenters. The fourth-order valence-corrected chi connectivity index (χ4v) is 4.91. The van der Waals surface area contributed by atoms with Gasteiger partial charge in [-0.1, -0.05) is 19.1 Å². The number of benzene rings is 1. The van der Waals surface area contributed by atoms with Crippen LogP contribution in [0.1, 0.15) is 30.4 Å². The number of nitrogens with one attached hydrogen (secondary N) is 4. The van der Waals surface area contributed by atoms with E-state index in [1.54, 1.807) is 6.07 Å². The predicted molar refractivity (Wildman–Crippen MR) is 143 cm³/mol. The summed E-state index contributed by atoms with van der Waals surface area (Å²) in [4.78, 5) is 11.3. The number of fused-ring (bicyclic) bond motifs is 1. The Morgan fingerprint density at radius 3 is 2.88 bits per heavy atom. The second-order valence-electron chi connectivity index (χ2n) is 8.18. The number of nitrogens with two attached hydrogens (primary N) is 2. The normalized spacial score (nSPS) is 15.3. The average Bonchev–Trinajstić information content (AvgIpc) is 3.28. The molecule has 3 aromatic rings. The van der Waals surface area contributed by atoms with E-state index in [1.807, 2.05) is 29.8 Å². The van der Waals surface area contributed by atoms with Crippen LogP contribution in [0.5, 0.6) is 0 Å². The number of nitrogens with zero attached hydrogens (tertiary/aromatic N) is 3. The highest BCUT2D eigenvalue weighted by Gasteiger charge is 2.15. The molecule has 1 saturated heterocycles. The summed E-state index contributed by atoms with van der Waals surface area (Å²) >= 11 is 1.52. The largest absolute Gasteiger partial charge is 0.398 e. The Labute approximate surface area is 203 Å². The van der Waals surface area contributed by atoms with E-state index in [2.05, 4.69) is 37.4 Å². The summed E-state index contributed by atoms with van der Waals surface area (Å²) in [5.74, 6) is 0.673. The van der Waals surface area contributed by atoms with E-state index >= 15 is 0 Å². The number of thiophene rings is 1. The van der Waals surface area contributed by atoms with Gasteiger partial charge in [0.05, 0.1) is 23.1 Å². The first-order valence-electron chi connectivity index (χ1n) is 11.3. The van der Waals surface area contributed by atoms with Crippen molar-refractivity contribution in [1.29, 1.82) is 5.41 Å². The molecule has 3 heterocycles.